The van der Waals surface area contributed by atoms with Crippen LogP contribution in [0.3, 0.4) is 0 Å². The lowest BCUT2D eigenvalue weighted by molar-refractivity contribution is -0.138. The Morgan fingerprint density at radius 2 is 2.20 bits per heavy atom. The maximum Gasteiger partial charge on any atom is 0.313 e. The Morgan fingerprint density at radius 1 is 1.60 bits per heavy atom. The van der Waals surface area contributed by atoms with Crippen molar-refractivity contribution in [3.8, 4) is 0 Å². The average Bonchev–Trinajstić information content (AvgIpc) is 2.67. The number of hydrogen-bond donors (Lipinski definition) is 1. The van der Waals surface area contributed by atoms with Crippen LogP contribution in [0.5, 0.6) is 0 Å². The highest BCUT2D eigenvalue weighted by Crippen LogP contribution is 2.21. The summed E-state index contributed by atoms with van der Waals surface area (Å²) in [7, 11) is 0. The van der Waals surface area contributed by atoms with Crippen molar-refractivity contribution >= 4 is 12.0 Å². The van der Waals surface area contributed by atoms with E-state index in [1.165, 1.54) is 6.20 Å². The molecule has 84 valence electrons. The molecule has 1 heterocycles. The zero-order valence-corrected chi connectivity index (χ0v) is 9.23. The second-order valence-corrected chi connectivity index (χ2v) is 3.28. The minimum atomic E-state index is -0.905. The van der Waals surface area contributed by atoms with Gasteiger partial charge in [-0.05, 0) is 20.8 Å². The molecule has 15 heavy (non-hydrogen) atoms. The molecule has 5 heteroatoms. The van der Waals surface area contributed by atoms with E-state index in [9.17, 15) is 4.79 Å². The first kappa shape index (κ1) is 11.6. The van der Waals surface area contributed by atoms with E-state index < -0.39 is 11.9 Å². The third-order valence-electron chi connectivity index (χ3n) is 2.34. The standard InChI is InChI=1S/C10H16N2O3/c1-4-12(5-2)10-11-6-8(15-10)7(3)9(13)14/h6-7H,4-5H2,1-3H3,(H,13,14). The fourth-order valence-electron chi connectivity index (χ4n) is 1.24. The summed E-state index contributed by atoms with van der Waals surface area (Å²) in [5.41, 5.74) is 0. The molecule has 1 atom stereocenters. The zero-order valence-electron chi connectivity index (χ0n) is 9.23. The number of aromatic nitrogens is 1. The van der Waals surface area contributed by atoms with Crippen LogP contribution < -0.4 is 4.90 Å². The Bertz CT molecular complexity index is 331. The highest BCUT2D eigenvalue weighted by molar-refractivity contribution is 5.74. The molecule has 0 fully saturated rings. The number of carboxylic acid groups (broad SMARTS) is 1. The third-order valence-corrected chi connectivity index (χ3v) is 2.34. The summed E-state index contributed by atoms with van der Waals surface area (Å²) in [6, 6.07) is 0.489. The molecule has 0 spiro atoms. The van der Waals surface area contributed by atoms with Crippen LogP contribution >= 0.6 is 0 Å². The van der Waals surface area contributed by atoms with Crippen LogP contribution in [0.25, 0.3) is 0 Å². The quantitative estimate of drug-likeness (QED) is 0.804. The van der Waals surface area contributed by atoms with Crippen LogP contribution in [-0.2, 0) is 4.79 Å². The van der Waals surface area contributed by atoms with Gasteiger partial charge in [0.25, 0.3) is 6.01 Å². The van der Waals surface area contributed by atoms with E-state index in [0.717, 1.165) is 13.1 Å². The Balaban J connectivity index is 2.84. The van der Waals surface area contributed by atoms with Gasteiger partial charge in [0.15, 0.2) is 0 Å². The van der Waals surface area contributed by atoms with Gasteiger partial charge in [-0.1, -0.05) is 0 Å². The lowest BCUT2D eigenvalue weighted by Gasteiger charge is -2.15. The fraction of sp³-hybridized carbons (Fsp3) is 0.600. The molecule has 0 amide bonds. The molecule has 0 radical (unpaired) electrons. The topological polar surface area (TPSA) is 66.6 Å². The molecule has 0 aromatic carbocycles. The molecule has 1 aromatic rings. The van der Waals surface area contributed by atoms with E-state index in [2.05, 4.69) is 4.98 Å². The highest BCUT2D eigenvalue weighted by Gasteiger charge is 2.19. The van der Waals surface area contributed by atoms with Crippen LogP contribution in [0.4, 0.5) is 6.01 Å². The van der Waals surface area contributed by atoms with Crippen LogP contribution in [0.2, 0.25) is 0 Å². The Kier molecular flexibility index (Phi) is 3.71. The highest BCUT2D eigenvalue weighted by atomic mass is 16.4. The van der Waals surface area contributed by atoms with Crippen LogP contribution in [0.15, 0.2) is 10.6 Å². The number of anilines is 1. The number of carbonyl (C=O) groups is 1. The minimum Gasteiger partial charge on any atom is -0.481 e. The van der Waals surface area contributed by atoms with Gasteiger partial charge < -0.3 is 14.4 Å². The number of oxazole rings is 1. The smallest absolute Gasteiger partial charge is 0.313 e. The van der Waals surface area contributed by atoms with Crippen molar-refractivity contribution in [1.29, 1.82) is 0 Å². The van der Waals surface area contributed by atoms with Crippen molar-refractivity contribution in [3.05, 3.63) is 12.0 Å². The van der Waals surface area contributed by atoms with Gasteiger partial charge in [0.05, 0.1) is 6.20 Å². The summed E-state index contributed by atoms with van der Waals surface area (Å²) in [5.74, 6) is -1.16. The molecule has 1 rings (SSSR count). The molecule has 0 bridgehead atoms. The molecule has 0 aliphatic heterocycles. The first-order valence-corrected chi connectivity index (χ1v) is 5.03. The maximum atomic E-state index is 10.7. The maximum absolute atomic E-state index is 10.7. The van der Waals surface area contributed by atoms with E-state index in [1.54, 1.807) is 6.92 Å². The molecule has 0 saturated carbocycles. The molecular formula is C10H16N2O3. The first-order valence-electron chi connectivity index (χ1n) is 5.03. The van der Waals surface area contributed by atoms with E-state index in [4.69, 9.17) is 9.52 Å². The van der Waals surface area contributed by atoms with Crippen molar-refractivity contribution in [2.45, 2.75) is 26.7 Å². The number of aliphatic carboxylic acids is 1. The van der Waals surface area contributed by atoms with Crippen molar-refractivity contribution in [3.63, 3.8) is 0 Å². The van der Waals surface area contributed by atoms with Crippen LogP contribution in [-0.4, -0.2) is 29.1 Å². The Morgan fingerprint density at radius 3 is 2.67 bits per heavy atom. The predicted molar refractivity (Wildman–Crippen MR) is 56.1 cm³/mol. The number of nitrogens with zero attached hydrogens (tertiary/aromatic N) is 2. The lowest BCUT2D eigenvalue weighted by Crippen LogP contribution is -2.21. The third kappa shape index (κ3) is 2.49. The van der Waals surface area contributed by atoms with E-state index in [0.29, 0.717) is 11.8 Å². The molecule has 1 N–H and O–H groups in total. The second kappa shape index (κ2) is 4.82. The summed E-state index contributed by atoms with van der Waals surface area (Å²) >= 11 is 0. The lowest BCUT2D eigenvalue weighted by atomic mass is 10.1. The largest absolute Gasteiger partial charge is 0.481 e. The van der Waals surface area contributed by atoms with Crippen molar-refractivity contribution in [2.75, 3.05) is 18.0 Å². The summed E-state index contributed by atoms with van der Waals surface area (Å²) in [6.07, 6.45) is 1.48. The summed E-state index contributed by atoms with van der Waals surface area (Å²) < 4.78 is 5.38. The van der Waals surface area contributed by atoms with Gasteiger partial charge in [0.1, 0.15) is 11.7 Å². The van der Waals surface area contributed by atoms with Crippen LogP contribution in [0.1, 0.15) is 32.4 Å². The molecule has 1 aromatic heterocycles. The molecule has 0 aliphatic carbocycles. The number of carboxylic acids is 1. The number of hydrogen-bond acceptors (Lipinski definition) is 4. The monoisotopic (exact) mass is 212 g/mol. The summed E-state index contributed by atoms with van der Waals surface area (Å²) in [4.78, 5) is 16.7. The van der Waals surface area contributed by atoms with Gasteiger partial charge in [0.2, 0.25) is 0 Å². The fourth-order valence-corrected chi connectivity index (χ4v) is 1.24. The predicted octanol–water partition coefficient (Wildman–Crippen LogP) is 1.71. The van der Waals surface area contributed by atoms with Crippen LogP contribution in [0, 0.1) is 0 Å². The average molecular weight is 212 g/mol. The van der Waals surface area contributed by atoms with Crippen molar-refractivity contribution in [1.82, 2.24) is 4.98 Å². The normalized spacial score (nSPS) is 12.5. The molecule has 0 aliphatic rings. The van der Waals surface area contributed by atoms with Gasteiger partial charge in [-0.2, -0.15) is 0 Å². The van der Waals surface area contributed by atoms with Gasteiger partial charge in [-0.15, -0.1) is 0 Å². The SMILES string of the molecule is CCN(CC)c1ncc(C(C)C(=O)O)o1. The summed E-state index contributed by atoms with van der Waals surface area (Å²) in [5, 5.41) is 8.80. The molecule has 0 saturated heterocycles. The van der Waals surface area contributed by atoms with E-state index >= 15 is 0 Å². The van der Waals surface area contributed by atoms with Gasteiger partial charge >= 0.3 is 5.97 Å². The summed E-state index contributed by atoms with van der Waals surface area (Å²) in [6.45, 7) is 7.15. The molecular weight excluding hydrogens is 196 g/mol. The zero-order chi connectivity index (χ0) is 11.4. The Hall–Kier alpha value is -1.52. The molecule has 5 nitrogen and oxygen atoms in total. The van der Waals surface area contributed by atoms with Crippen molar-refractivity contribution < 1.29 is 14.3 Å². The van der Waals surface area contributed by atoms with Crippen molar-refractivity contribution in [2.24, 2.45) is 0 Å². The van der Waals surface area contributed by atoms with Gasteiger partial charge in [-0.3, -0.25) is 4.79 Å². The minimum absolute atomic E-state index is 0.393. The Labute approximate surface area is 88.7 Å². The van der Waals surface area contributed by atoms with Gasteiger partial charge in [-0.25, -0.2) is 4.98 Å². The number of rotatable bonds is 5. The second-order valence-electron chi connectivity index (χ2n) is 3.28. The van der Waals surface area contributed by atoms with E-state index in [1.807, 2.05) is 18.7 Å². The molecule has 1 unspecified atom stereocenters. The van der Waals surface area contributed by atoms with E-state index in [-0.39, 0.29) is 0 Å². The van der Waals surface area contributed by atoms with Gasteiger partial charge in [0, 0.05) is 13.1 Å². The first-order chi connectivity index (χ1) is 7.10.